The van der Waals surface area contributed by atoms with E-state index >= 15 is 0 Å². The predicted molar refractivity (Wildman–Crippen MR) is 64.4 cm³/mol. The molecule has 0 heterocycles. The quantitative estimate of drug-likeness (QED) is 0.519. The van der Waals surface area contributed by atoms with E-state index in [0.29, 0.717) is 6.42 Å². The summed E-state index contributed by atoms with van der Waals surface area (Å²) in [6.45, 7) is 5.52. The number of carbonyl (C=O) groups is 2. The van der Waals surface area contributed by atoms with Gasteiger partial charge in [0.05, 0.1) is 0 Å². The maximum atomic E-state index is 12.0. The van der Waals surface area contributed by atoms with Crippen LogP contribution in [-0.4, -0.2) is 17.9 Å². The Labute approximate surface area is 102 Å². The Morgan fingerprint density at radius 1 is 1.53 bits per heavy atom. The van der Waals surface area contributed by atoms with Gasteiger partial charge in [-0.25, -0.2) is 0 Å². The molecule has 0 aromatic heterocycles. The van der Waals surface area contributed by atoms with Gasteiger partial charge in [0.25, 0.3) is 0 Å². The van der Waals surface area contributed by atoms with Gasteiger partial charge in [-0.1, -0.05) is 13.0 Å². The van der Waals surface area contributed by atoms with Crippen molar-refractivity contribution < 1.29 is 14.3 Å². The van der Waals surface area contributed by atoms with Gasteiger partial charge in [-0.05, 0) is 31.8 Å². The van der Waals surface area contributed by atoms with Crippen molar-refractivity contribution in [3.8, 4) is 0 Å². The lowest BCUT2D eigenvalue weighted by Crippen LogP contribution is -2.39. The molecule has 0 spiro atoms. The van der Waals surface area contributed by atoms with E-state index in [1.807, 2.05) is 13.0 Å². The third-order valence-electron chi connectivity index (χ3n) is 4.38. The molecule has 3 nitrogen and oxygen atoms in total. The predicted octanol–water partition coefficient (Wildman–Crippen LogP) is 2.64. The van der Waals surface area contributed by atoms with Gasteiger partial charge < -0.3 is 4.74 Å². The molecule has 2 saturated carbocycles. The lowest BCUT2D eigenvalue weighted by Gasteiger charge is -2.41. The summed E-state index contributed by atoms with van der Waals surface area (Å²) in [5.41, 5.74) is 0.865. The van der Waals surface area contributed by atoms with Crippen LogP contribution in [0.15, 0.2) is 11.6 Å². The zero-order chi connectivity index (χ0) is 12.6. The SMILES string of the molecule is C/C=C1\C(=O)CC2[C@@H](OC(C)=O)CCC[C@]12C. The fraction of sp³-hybridized carbons (Fsp3) is 0.714. The first kappa shape index (κ1) is 12.3. The van der Waals surface area contributed by atoms with Crippen molar-refractivity contribution in [2.45, 2.75) is 52.6 Å². The summed E-state index contributed by atoms with van der Waals surface area (Å²) in [7, 11) is 0. The van der Waals surface area contributed by atoms with Crippen LogP contribution in [0, 0.1) is 11.3 Å². The average Bonchev–Trinajstić information content (AvgIpc) is 2.49. The number of ether oxygens (including phenoxy) is 1. The minimum Gasteiger partial charge on any atom is -0.462 e. The molecular formula is C14H20O3. The minimum absolute atomic E-state index is 0.0763. The van der Waals surface area contributed by atoms with E-state index in [-0.39, 0.29) is 29.2 Å². The van der Waals surface area contributed by atoms with Crippen molar-refractivity contribution in [2.24, 2.45) is 11.3 Å². The smallest absolute Gasteiger partial charge is 0.302 e. The van der Waals surface area contributed by atoms with Crippen LogP contribution in [0.25, 0.3) is 0 Å². The Morgan fingerprint density at radius 2 is 2.24 bits per heavy atom. The number of fused-ring (bicyclic) bond motifs is 1. The second kappa shape index (κ2) is 4.28. The molecular weight excluding hydrogens is 216 g/mol. The minimum atomic E-state index is -0.236. The standard InChI is InChI=1S/C14H20O3/c1-4-10-12(16)8-11-13(17-9(2)15)6-5-7-14(10,11)3/h4,11,13H,5-8H2,1-3H3/b10-4+/t11?,13-,14+/m0/s1. The number of esters is 1. The number of hydrogen-bond acceptors (Lipinski definition) is 3. The average molecular weight is 236 g/mol. The first-order valence-electron chi connectivity index (χ1n) is 6.36. The van der Waals surface area contributed by atoms with E-state index in [4.69, 9.17) is 4.74 Å². The first-order chi connectivity index (χ1) is 7.99. The molecule has 0 radical (unpaired) electrons. The number of rotatable bonds is 1. The maximum absolute atomic E-state index is 12.0. The summed E-state index contributed by atoms with van der Waals surface area (Å²) in [6.07, 6.45) is 5.35. The van der Waals surface area contributed by atoms with Crippen molar-refractivity contribution in [3.63, 3.8) is 0 Å². The van der Waals surface area contributed by atoms with Gasteiger partial charge in [0.1, 0.15) is 6.10 Å². The second-order valence-corrected chi connectivity index (χ2v) is 5.39. The van der Waals surface area contributed by atoms with Gasteiger partial charge in [0.2, 0.25) is 0 Å². The van der Waals surface area contributed by atoms with Gasteiger partial charge in [-0.3, -0.25) is 9.59 Å². The second-order valence-electron chi connectivity index (χ2n) is 5.39. The van der Waals surface area contributed by atoms with Crippen LogP contribution < -0.4 is 0 Å². The molecule has 94 valence electrons. The van der Waals surface area contributed by atoms with Gasteiger partial charge in [0, 0.05) is 24.7 Å². The first-order valence-corrected chi connectivity index (χ1v) is 6.36. The molecule has 2 aliphatic rings. The van der Waals surface area contributed by atoms with Crippen molar-refractivity contribution in [3.05, 3.63) is 11.6 Å². The normalized spacial score (nSPS) is 39.2. The molecule has 0 bridgehead atoms. The van der Waals surface area contributed by atoms with Gasteiger partial charge in [0.15, 0.2) is 5.78 Å². The summed E-state index contributed by atoms with van der Waals surface area (Å²) < 4.78 is 5.39. The topological polar surface area (TPSA) is 43.4 Å². The Bertz CT molecular complexity index is 383. The summed E-state index contributed by atoms with van der Waals surface area (Å²) in [5, 5.41) is 0. The highest BCUT2D eigenvalue weighted by molar-refractivity contribution is 5.99. The molecule has 0 aromatic rings. The lowest BCUT2D eigenvalue weighted by atomic mass is 9.66. The summed E-state index contributed by atoms with van der Waals surface area (Å²) in [4.78, 5) is 23.1. The van der Waals surface area contributed by atoms with Crippen molar-refractivity contribution >= 4 is 11.8 Å². The Morgan fingerprint density at radius 3 is 2.82 bits per heavy atom. The van der Waals surface area contributed by atoms with E-state index in [1.165, 1.54) is 6.92 Å². The number of hydrogen-bond donors (Lipinski definition) is 0. The van der Waals surface area contributed by atoms with E-state index < -0.39 is 0 Å². The third kappa shape index (κ3) is 1.92. The van der Waals surface area contributed by atoms with E-state index in [2.05, 4.69) is 6.92 Å². The molecule has 2 aliphatic carbocycles. The van der Waals surface area contributed by atoms with E-state index in [9.17, 15) is 9.59 Å². The molecule has 0 aromatic carbocycles. The highest BCUT2D eigenvalue weighted by Gasteiger charge is 2.53. The summed E-state index contributed by atoms with van der Waals surface area (Å²) in [6, 6.07) is 0. The molecule has 0 N–H and O–H groups in total. The molecule has 1 unspecified atom stereocenters. The number of ketones is 1. The lowest BCUT2D eigenvalue weighted by molar-refractivity contribution is -0.153. The number of Topliss-reactive ketones (excluding diaryl/α,β-unsaturated/α-hetero) is 1. The third-order valence-corrected chi connectivity index (χ3v) is 4.38. The molecule has 3 heteroatoms. The monoisotopic (exact) mass is 236 g/mol. The summed E-state index contributed by atoms with van der Waals surface area (Å²) >= 11 is 0. The molecule has 17 heavy (non-hydrogen) atoms. The van der Waals surface area contributed by atoms with Crippen LogP contribution in [0.2, 0.25) is 0 Å². The molecule has 0 aliphatic heterocycles. The van der Waals surface area contributed by atoms with E-state index in [0.717, 1.165) is 24.8 Å². The fourth-order valence-corrected chi connectivity index (χ4v) is 3.63. The van der Waals surface area contributed by atoms with Crippen LogP contribution in [-0.2, 0) is 14.3 Å². The van der Waals surface area contributed by atoms with Crippen LogP contribution in [0.5, 0.6) is 0 Å². The fourth-order valence-electron chi connectivity index (χ4n) is 3.63. The zero-order valence-electron chi connectivity index (χ0n) is 10.8. The Kier molecular flexibility index (Phi) is 3.11. The van der Waals surface area contributed by atoms with Crippen LogP contribution in [0.3, 0.4) is 0 Å². The van der Waals surface area contributed by atoms with Crippen molar-refractivity contribution in [2.75, 3.05) is 0 Å². The molecule has 2 rings (SSSR count). The highest BCUT2D eigenvalue weighted by Crippen LogP contribution is 2.54. The van der Waals surface area contributed by atoms with Gasteiger partial charge >= 0.3 is 5.97 Å². The van der Waals surface area contributed by atoms with Crippen molar-refractivity contribution in [1.29, 1.82) is 0 Å². The highest BCUT2D eigenvalue weighted by atomic mass is 16.5. The van der Waals surface area contributed by atoms with Crippen LogP contribution in [0.1, 0.15) is 46.5 Å². The zero-order valence-corrected chi connectivity index (χ0v) is 10.8. The van der Waals surface area contributed by atoms with Gasteiger partial charge in [-0.15, -0.1) is 0 Å². The number of allylic oxidation sites excluding steroid dienone is 2. The maximum Gasteiger partial charge on any atom is 0.302 e. The van der Waals surface area contributed by atoms with Crippen LogP contribution >= 0.6 is 0 Å². The molecule has 0 amide bonds. The Hall–Kier alpha value is -1.12. The molecule has 2 fully saturated rings. The number of carbonyl (C=O) groups excluding carboxylic acids is 2. The van der Waals surface area contributed by atoms with Gasteiger partial charge in [-0.2, -0.15) is 0 Å². The summed E-state index contributed by atoms with van der Waals surface area (Å²) in [5.74, 6) is 0.179. The molecule has 3 atom stereocenters. The Balaban J connectivity index is 2.29. The van der Waals surface area contributed by atoms with E-state index in [1.54, 1.807) is 0 Å². The van der Waals surface area contributed by atoms with Crippen LogP contribution in [0.4, 0.5) is 0 Å². The van der Waals surface area contributed by atoms with Crippen molar-refractivity contribution in [1.82, 2.24) is 0 Å². The largest absolute Gasteiger partial charge is 0.462 e. The molecule has 0 saturated heterocycles.